The van der Waals surface area contributed by atoms with Gasteiger partial charge in [0.15, 0.2) is 9.84 Å². The molecule has 1 amide bonds. The Balaban J connectivity index is 1.70. The quantitative estimate of drug-likeness (QED) is 0.768. The molecule has 1 fully saturated rings. The van der Waals surface area contributed by atoms with E-state index in [1.54, 1.807) is 16.2 Å². The van der Waals surface area contributed by atoms with E-state index in [4.69, 9.17) is 0 Å². The fraction of sp³-hybridized carbons (Fsp3) is 0.500. The van der Waals surface area contributed by atoms with E-state index < -0.39 is 9.84 Å². The maximum absolute atomic E-state index is 12.7. The number of carbonyl (C=O) groups excluding carboxylic acids is 1. The summed E-state index contributed by atoms with van der Waals surface area (Å²) in [6, 6.07) is 3.82. The minimum absolute atomic E-state index is 0.0259. The second kappa shape index (κ2) is 7.33. The molecule has 3 heterocycles. The third kappa shape index (κ3) is 4.04. The van der Waals surface area contributed by atoms with Crippen LogP contribution in [0.1, 0.15) is 25.5 Å². The number of sulfone groups is 1. The Labute approximate surface area is 150 Å². The van der Waals surface area contributed by atoms with Crippen LogP contribution >= 0.6 is 22.7 Å². The minimum Gasteiger partial charge on any atom is -0.338 e. The lowest BCUT2D eigenvalue weighted by molar-refractivity contribution is -0.132. The molecular weight excluding hydrogens is 364 g/mol. The van der Waals surface area contributed by atoms with Gasteiger partial charge in [0.05, 0.1) is 28.5 Å². The summed E-state index contributed by atoms with van der Waals surface area (Å²) >= 11 is 3.17. The number of nitrogens with zero attached hydrogens (tertiary/aromatic N) is 2. The maximum atomic E-state index is 12.7. The van der Waals surface area contributed by atoms with Gasteiger partial charge in [0, 0.05) is 18.0 Å². The Morgan fingerprint density at radius 1 is 1.42 bits per heavy atom. The van der Waals surface area contributed by atoms with Crippen LogP contribution in [0.3, 0.4) is 0 Å². The molecule has 1 aliphatic heterocycles. The lowest BCUT2D eigenvalue weighted by atomic mass is 10.2. The van der Waals surface area contributed by atoms with E-state index in [-0.39, 0.29) is 29.9 Å². The predicted octanol–water partition coefficient (Wildman–Crippen LogP) is 2.84. The van der Waals surface area contributed by atoms with Crippen LogP contribution in [0.15, 0.2) is 22.9 Å². The molecule has 1 atom stereocenters. The normalized spacial score (nSPS) is 19.5. The van der Waals surface area contributed by atoms with E-state index in [0.717, 1.165) is 22.0 Å². The fourth-order valence-corrected chi connectivity index (χ4v) is 6.30. The molecule has 130 valence electrons. The van der Waals surface area contributed by atoms with Crippen molar-refractivity contribution < 1.29 is 13.2 Å². The monoisotopic (exact) mass is 384 g/mol. The van der Waals surface area contributed by atoms with Crippen molar-refractivity contribution in [2.24, 2.45) is 0 Å². The van der Waals surface area contributed by atoms with Crippen LogP contribution < -0.4 is 0 Å². The SMILES string of the molecule is CCCN(C(=O)Cc1csc(-c2cccs2)n1)C1CCS(=O)(=O)C1. The highest BCUT2D eigenvalue weighted by Gasteiger charge is 2.34. The van der Waals surface area contributed by atoms with Gasteiger partial charge in [-0.15, -0.1) is 22.7 Å². The first kappa shape index (κ1) is 17.6. The van der Waals surface area contributed by atoms with Gasteiger partial charge in [-0.25, -0.2) is 13.4 Å². The summed E-state index contributed by atoms with van der Waals surface area (Å²) in [5.41, 5.74) is 0.760. The number of hydrogen-bond donors (Lipinski definition) is 0. The topological polar surface area (TPSA) is 67.3 Å². The Morgan fingerprint density at radius 3 is 2.88 bits per heavy atom. The van der Waals surface area contributed by atoms with Crippen LogP contribution in [0.25, 0.3) is 9.88 Å². The maximum Gasteiger partial charge on any atom is 0.228 e. The Bertz CT molecular complexity index is 796. The molecular formula is C16H20N2O3S3. The van der Waals surface area contributed by atoms with Gasteiger partial charge in [0.1, 0.15) is 5.01 Å². The number of thiazole rings is 1. The molecule has 0 saturated carbocycles. The van der Waals surface area contributed by atoms with E-state index in [1.165, 1.54) is 11.3 Å². The van der Waals surface area contributed by atoms with E-state index in [2.05, 4.69) is 4.98 Å². The number of rotatable bonds is 6. The highest BCUT2D eigenvalue weighted by molar-refractivity contribution is 7.91. The van der Waals surface area contributed by atoms with Gasteiger partial charge in [-0.1, -0.05) is 13.0 Å². The third-order valence-corrected chi connectivity index (χ3v) is 7.73. The summed E-state index contributed by atoms with van der Waals surface area (Å²) in [4.78, 5) is 20.1. The first-order chi connectivity index (χ1) is 11.5. The van der Waals surface area contributed by atoms with E-state index >= 15 is 0 Å². The molecule has 0 bridgehead atoms. The number of carbonyl (C=O) groups is 1. The molecule has 1 unspecified atom stereocenters. The van der Waals surface area contributed by atoms with Gasteiger partial charge < -0.3 is 4.90 Å². The Kier molecular flexibility index (Phi) is 5.36. The smallest absolute Gasteiger partial charge is 0.228 e. The van der Waals surface area contributed by atoms with Crippen molar-refractivity contribution in [3.63, 3.8) is 0 Å². The van der Waals surface area contributed by atoms with E-state index in [1.807, 2.05) is 29.8 Å². The molecule has 3 rings (SSSR count). The molecule has 0 radical (unpaired) electrons. The van der Waals surface area contributed by atoms with Gasteiger partial charge in [-0.05, 0) is 24.3 Å². The van der Waals surface area contributed by atoms with Crippen LogP contribution in [-0.4, -0.2) is 48.3 Å². The lowest BCUT2D eigenvalue weighted by Gasteiger charge is -2.27. The summed E-state index contributed by atoms with van der Waals surface area (Å²) < 4.78 is 23.4. The molecule has 1 saturated heterocycles. The van der Waals surface area contributed by atoms with Crippen LogP contribution in [0.4, 0.5) is 0 Å². The largest absolute Gasteiger partial charge is 0.338 e. The third-order valence-electron chi connectivity index (χ3n) is 4.05. The average molecular weight is 385 g/mol. The standard InChI is InChI=1S/C16H20N2O3S3/c1-2-6-18(13-5-8-24(20,21)11-13)15(19)9-12-10-23-16(17-12)14-4-3-7-22-14/h3-4,7,10,13H,2,5-6,8-9,11H2,1H3. The Morgan fingerprint density at radius 2 is 2.25 bits per heavy atom. The molecule has 2 aromatic heterocycles. The van der Waals surface area contributed by atoms with Crippen molar-refractivity contribution in [3.05, 3.63) is 28.6 Å². The van der Waals surface area contributed by atoms with E-state index in [0.29, 0.717) is 13.0 Å². The van der Waals surface area contributed by atoms with Crippen LogP contribution in [-0.2, 0) is 21.1 Å². The summed E-state index contributed by atoms with van der Waals surface area (Å²) in [6.07, 6.45) is 1.60. The van der Waals surface area contributed by atoms with Crippen molar-refractivity contribution in [1.29, 1.82) is 0 Å². The Hall–Kier alpha value is -1.25. The van der Waals surface area contributed by atoms with E-state index in [9.17, 15) is 13.2 Å². The number of hydrogen-bond acceptors (Lipinski definition) is 6. The first-order valence-electron chi connectivity index (χ1n) is 7.96. The number of aromatic nitrogens is 1. The molecule has 2 aromatic rings. The zero-order valence-corrected chi connectivity index (χ0v) is 15.9. The number of amides is 1. The molecule has 1 aliphatic rings. The summed E-state index contributed by atoms with van der Waals surface area (Å²) in [6.45, 7) is 2.60. The van der Waals surface area contributed by atoms with Gasteiger partial charge in [0.25, 0.3) is 0 Å². The van der Waals surface area contributed by atoms with Crippen molar-refractivity contribution >= 4 is 38.4 Å². The molecule has 24 heavy (non-hydrogen) atoms. The fourth-order valence-electron chi connectivity index (χ4n) is 2.93. The summed E-state index contributed by atoms with van der Waals surface area (Å²) in [7, 11) is -3.00. The minimum atomic E-state index is -3.00. The van der Waals surface area contributed by atoms with Crippen LogP contribution in [0.5, 0.6) is 0 Å². The molecule has 0 aliphatic carbocycles. The van der Waals surface area contributed by atoms with Gasteiger partial charge in [-0.3, -0.25) is 4.79 Å². The van der Waals surface area contributed by atoms with Crippen molar-refractivity contribution in [2.75, 3.05) is 18.1 Å². The molecule has 5 nitrogen and oxygen atoms in total. The second-order valence-electron chi connectivity index (χ2n) is 5.94. The number of thiophene rings is 1. The van der Waals surface area contributed by atoms with Gasteiger partial charge >= 0.3 is 0 Å². The zero-order valence-electron chi connectivity index (χ0n) is 13.5. The van der Waals surface area contributed by atoms with Gasteiger partial charge in [0.2, 0.25) is 5.91 Å². The summed E-state index contributed by atoms with van der Waals surface area (Å²) in [5, 5.41) is 4.85. The zero-order chi connectivity index (χ0) is 17.2. The van der Waals surface area contributed by atoms with Crippen LogP contribution in [0.2, 0.25) is 0 Å². The van der Waals surface area contributed by atoms with Crippen molar-refractivity contribution in [2.45, 2.75) is 32.2 Å². The van der Waals surface area contributed by atoms with Gasteiger partial charge in [-0.2, -0.15) is 0 Å². The molecule has 0 N–H and O–H groups in total. The molecule has 0 spiro atoms. The predicted molar refractivity (Wildman–Crippen MR) is 98.2 cm³/mol. The average Bonchev–Trinajstić information content (AvgIpc) is 3.24. The first-order valence-corrected chi connectivity index (χ1v) is 11.5. The second-order valence-corrected chi connectivity index (χ2v) is 9.98. The lowest BCUT2D eigenvalue weighted by Crippen LogP contribution is -2.42. The highest BCUT2D eigenvalue weighted by atomic mass is 32.2. The molecule has 0 aromatic carbocycles. The summed E-state index contributed by atoms with van der Waals surface area (Å²) in [5.74, 6) is 0.252. The highest BCUT2D eigenvalue weighted by Crippen LogP contribution is 2.28. The van der Waals surface area contributed by atoms with Crippen molar-refractivity contribution in [1.82, 2.24) is 9.88 Å². The van der Waals surface area contributed by atoms with Crippen molar-refractivity contribution in [3.8, 4) is 9.88 Å². The molecule has 8 heteroatoms. The van der Waals surface area contributed by atoms with Crippen LogP contribution in [0, 0.1) is 0 Å².